The van der Waals surface area contributed by atoms with Gasteiger partial charge in [-0.1, -0.05) is 36.4 Å². The van der Waals surface area contributed by atoms with Crippen molar-refractivity contribution in [3.8, 4) is 5.88 Å². The number of aromatic nitrogens is 1. The predicted octanol–water partition coefficient (Wildman–Crippen LogP) is 3.80. The van der Waals surface area contributed by atoms with Crippen molar-refractivity contribution in [2.24, 2.45) is 0 Å². The van der Waals surface area contributed by atoms with E-state index in [0.717, 1.165) is 5.56 Å². The van der Waals surface area contributed by atoms with E-state index in [1.165, 1.54) is 11.3 Å². The van der Waals surface area contributed by atoms with E-state index in [2.05, 4.69) is 4.98 Å². The van der Waals surface area contributed by atoms with Crippen LogP contribution in [0.1, 0.15) is 20.8 Å². The number of carbonyl (C=O) groups is 1. The van der Waals surface area contributed by atoms with Gasteiger partial charge in [-0.05, 0) is 23.9 Å². The Morgan fingerprint density at radius 3 is 2.79 bits per heavy atom. The van der Waals surface area contributed by atoms with E-state index in [1.54, 1.807) is 18.2 Å². The van der Waals surface area contributed by atoms with Gasteiger partial charge in [-0.3, -0.25) is 4.79 Å². The zero-order valence-corrected chi connectivity index (χ0v) is 11.3. The fourth-order valence-corrected chi connectivity index (χ4v) is 2.99. The maximum Gasteiger partial charge on any atom is 0.207 e. The normalized spacial score (nSPS) is 15.8. The predicted molar refractivity (Wildman–Crippen MR) is 79.0 cm³/mol. The molecule has 0 radical (unpaired) electrons. The smallest absolute Gasteiger partial charge is 0.207 e. The van der Waals surface area contributed by atoms with Crippen LogP contribution in [0.15, 0.2) is 35.9 Å². The number of ketones is 1. The summed E-state index contributed by atoms with van der Waals surface area (Å²) in [5.41, 5.74) is 2.13. The lowest BCUT2D eigenvalue weighted by Crippen LogP contribution is -2.07. The SMILES string of the molecule is O=C1/C(=C/c2sc(=S)[nH]c2O)C=Cc2ccccc21. The first-order chi connectivity index (χ1) is 9.15. The summed E-state index contributed by atoms with van der Waals surface area (Å²) in [6, 6.07) is 7.44. The van der Waals surface area contributed by atoms with Gasteiger partial charge >= 0.3 is 0 Å². The standard InChI is InChI=1S/C14H9NO2S2/c16-12-9(7-11-13(17)15-14(18)19-11)6-5-8-3-1-2-4-10(8)12/h1-7,17H,(H,15,18)/b9-7+. The van der Waals surface area contributed by atoms with Crippen molar-refractivity contribution in [3.63, 3.8) is 0 Å². The van der Waals surface area contributed by atoms with E-state index < -0.39 is 0 Å². The minimum Gasteiger partial charge on any atom is -0.494 e. The van der Waals surface area contributed by atoms with Crippen LogP contribution in [0.5, 0.6) is 5.88 Å². The summed E-state index contributed by atoms with van der Waals surface area (Å²) in [7, 11) is 0. The van der Waals surface area contributed by atoms with Gasteiger partial charge in [0.1, 0.15) is 0 Å². The number of H-pyrrole nitrogens is 1. The van der Waals surface area contributed by atoms with Crippen LogP contribution < -0.4 is 0 Å². The van der Waals surface area contributed by atoms with Crippen molar-refractivity contribution in [2.75, 3.05) is 0 Å². The molecule has 0 spiro atoms. The Bertz CT molecular complexity index is 781. The monoisotopic (exact) mass is 287 g/mol. The molecule has 0 bridgehead atoms. The van der Waals surface area contributed by atoms with Crippen molar-refractivity contribution in [3.05, 3.63) is 55.9 Å². The van der Waals surface area contributed by atoms with Crippen LogP contribution in [0.4, 0.5) is 0 Å². The highest BCUT2D eigenvalue weighted by Crippen LogP contribution is 2.28. The minimum atomic E-state index is -0.0446. The number of fused-ring (bicyclic) bond motifs is 1. The molecular formula is C14H9NO2S2. The average molecular weight is 287 g/mol. The third kappa shape index (κ3) is 2.18. The van der Waals surface area contributed by atoms with Crippen LogP contribution >= 0.6 is 23.6 Å². The Balaban J connectivity index is 2.08. The van der Waals surface area contributed by atoms with E-state index in [-0.39, 0.29) is 11.7 Å². The van der Waals surface area contributed by atoms with E-state index in [4.69, 9.17) is 12.2 Å². The van der Waals surface area contributed by atoms with Gasteiger partial charge in [-0.25, -0.2) is 0 Å². The van der Waals surface area contributed by atoms with Gasteiger partial charge in [0.25, 0.3) is 0 Å². The molecule has 1 aromatic carbocycles. The molecule has 0 fully saturated rings. The highest BCUT2D eigenvalue weighted by molar-refractivity contribution is 7.73. The molecule has 2 aromatic rings. The van der Waals surface area contributed by atoms with Crippen molar-refractivity contribution in [1.29, 1.82) is 0 Å². The first-order valence-electron chi connectivity index (χ1n) is 5.61. The Labute approximate surface area is 118 Å². The number of aromatic amines is 1. The largest absolute Gasteiger partial charge is 0.494 e. The van der Waals surface area contributed by atoms with Gasteiger partial charge in [-0.15, -0.1) is 11.3 Å². The lowest BCUT2D eigenvalue weighted by Gasteiger charge is -2.11. The van der Waals surface area contributed by atoms with E-state index in [1.807, 2.05) is 24.3 Å². The number of rotatable bonds is 1. The van der Waals surface area contributed by atoms with E-state index >= 15 is 0 Å². The molecule has 0 saturated heterocycles. The lowest BCUT2D eigenvalue weighted by molar-refractivity contribution is 0.103. The number of thiazole rings is 1. The summed E-state index contributed by atoms with van der Waals surface area (Å²) in [4.78, 5) is 15.5. The highest BCUT2D eigenvalue weighted by atomic mass is 32.1. The average Bonchev–Trinajstić information content (AvgIpc) is 2.72. The number of nitrogens with one attached hydrogen (secondary N) is 1. The Morgan fingerprint density at radius 2 is 2.05 bits per heavy atom. The molecule has 3 rings (SSSR count). The van der Waals surface area contributed by atoms with Gasteiger partial charge in [-0.2, -0.15) is 0 Å². The molecule has 0 aliphatic heterocycles. The van der Waals surface area contributed by atoms with E-state index in [9.17, 15) is 9.90 Å². The molecule has 3 nitrogen and oxygen atoms in total. The maximum absolute atomic E-state index is 12.3. The highest BCUT2D eigenvalue weighted by Gasteiger charge is 2.17. The van der Waals surface area contributed by atoms with Gasteiger partial charge < -0.3 is 10.1 Å². The Morgan fingerprint density at radius 1 is 1.26 bits per heavy atom. The molecule has 19 heavy (non-hydrogen) atoms. The third-order valence-electron chi connectivity index (χ3n) is 2.85. The molecule has 2 N–H and O–H groups in total. The molecule has 0 atom stereocenters. The second-order valence-corrected chi connectivity index (χ2v) is 5.80. The molecule has 1 aromatic heterocycles. The maximum atomic E-state index is 12.3. The van der Waals surface area contributed by atoms with Crippen molar-refractivity contribution in [2.45, 2.75) is 0 Å². The number of allylic oxidation sites excluding steroid dienone is 2. The number of carbonyl (C=O) groups excluding carboxylic acids is 1. The molecule has 1 aliphatic rings. The molecule has 0 saturated carbocycles. The summed E-state index contributed by atoms with van der Waals surface area (Å²) in [6.07, 6.45) is 5.31. The van der Waals surface area contributed by atoms with Crippen LogP contribution in [0.25, 0.3) is 12.2 Å². The van der Waals surface area contributed by atoms with Gasteiger partial charge in [0.2, 0.25) is 5.88 Å². The first-order valence-corrected chi connectivity index (χ1v) is 6.83. The Kier molecular flexibility index (Phi) is 2.93. The summed E-state index contributed by atoms with van der Waals surface area (Å²) >= 11 is 6.19. The first kappa shape index (κ1) is 12.1. The molecule has 0 amide bonds. The molecule has 5 heteroatoms. The summed E-state index contributed by atoms with van der Waals surface area (Å²) in [5, 5.41) is 9.65. The zero-order chi connectivity index (χ0) is 13.4. The molecule has 0 unspecified atom stereocenters. The van der Waals surface area contributed by atoms with Crippen LogP contribution in [-0.4, -0.2) is 15.9 Å². The second kappa shape index (κ2) is 4.60. The van der Waals surface area contributed by atoms with Crippen molar-refractivity contribution < 1.29 is 9.90 Å². The van der Waals surface area contributed by atoms with Crippen molar-refractivity contribution >= 4 is 41.5 Å². The van der Waals surface area contributed by atoms with E-state index in [0.29, 0.717) is 20.0 Å². The number of benzene rings is 1. The quantitative estimate of drug-likeness (QED) is 0.619. The number of Topliss-reactive ketones (excluding diaryl/α,β-unsaturated/α-hetero) is 1. The van der Waals surface area contributed by atoms with Gasteiger partial charge in [0.15, 0.2) is 9.74 Å². The molecular weight excluding hydrogens is 278 g/mol. The Hall–Kier alpha value is -1.98. The molecule has 1 heterocycles. The van der Waals surface area contributed by atoms with Crippen LogP contribution in [0, 0.1) is 3.95 Å². The fraction of sp³-hybridized carbons (Fsp3) is 0. The molecule has 94 valence electrons. The number of hydrogen-bond acceptors (Lipinski definition) is 4. The third-order valence-corrected chi connectivity index (χ3v) is 4.02. The second-order valence-electron chi connectivity index (χ2n) is 4.08. The van der Waals surface area contributed by atoms with Gasteiger partial charge in [0, 0.05) is 11.1 Å². The lowest BCUT2D eigenvalue weighted by atomic mass is 9.92. The summed E-state index contributed by atoms with van der Waals surface area (Å²) < 4.78 is 0.483. The number of hydrogen-bond donors (Lipinski definition) is 2. The topological polar surface area (TPSA) is 53.1 Å². The van der Waals surface area contributed by atoms with Crippen LogP contribution in [-0.2, 0) is 0 Å². The van der Waals surface area contributed by atoms with Crippen LogP contribution in [0.2, 0.25) is 0 Å². The molecule has 1 aliphatic carbocycles. The zero-order valence-electron chi connectivity index (χ0n) is 9.71. The minimum absolute atomic E-state index is 0.00237. The fourth-order valence-electron chi connectivity index (χ4n) is 1.94. The summed E-state index contributed by atoms with van der Waals surface area (Å²) in [6.45, 7) is 0. The summed E-state index contributed by atoms with van der Waals surface area (Å²) in [5.74, 6) is -0.0422. The van der Waals surface area contributed by atoms with Gasteiger partial charge in [0.05, 0.1) is 4.88 Å². The van der Waals surface area contributed by atoms with Crippen molar-refractivity contribution in [1.82, 2.24) is 4.98 Å². The van der Waals surface area contributed by atoms with Crippen LogP contribution in [0.3, 0.4) is 0 Å². The number of aromatic hydroxyl groups is 1.